The third kappa shape index (κ3) is 7.28. The number of carbonyl (C=O) groups is 1. The van der Waals surface area contributed by atoms with Crippen LogP contribution >= 0.6 is 0 Å². The largest absolute Gasteiger partial charge is 0.459 e. The molecule has 0 aliphatic rings. The van der Waals surface area contributed by atoms with Crippen molar-refractivity contribution in [2.75, 3.05) is 6.61 Å². The standard InChI is InChI=1S/C17H34O3/c1-10-19-17(8,9)12-15(4,5)14(18)20-16(6,7)11-13(2)3/h13H,10-12H2,1-9H3. The minimum atomic E-state index is -0.549. The van der Waals surface area contributed by atoms with E-state index in [1.807, 2.05) is 48.5 Å². The summed E-state index contributed by atoms with van der Waals surface area (Å²) in [6.45, 7) is 18.8. The molecule has 0 saturated heterocycles. The molecular weight excluding hydrogens is 252 g/mol. The fourth-order valence-electron chi connectivity index (χ4n) is 2.99. The minimum absolute atomic E-state index is 0.143. The molecule has 3 heteroatoms. The quantitative estimate of drug-likeness (QED) is 0.612. The molecule has 20 heavy (non-hydrogen) atoms. The van der Waals surface area contributed by atoms with Crippen molar-refractivity contribution in [3.8, 4) is 0 Å². The first-order valence-electron chi connectivity index (χ1n) is 7.69. The van der Waals surface area contributed by atoms with Crippen LogP contribution in [0.2, 0.25) is 0 Å². The molecule has 0 spiro atoms. The summed E-state index contributed by atoms with van der Waals surface area (Å²) < 4.78 is 11.4. The highest BCUT2D eigenvalue weighted by atomic mass is 16.6. The first-order chi connectivity index (χ1) is 8.81. The second-order valence-corrected chi connectivity index (χ2v) is 8.00. The Balaban J connectivity index is 4.74. The summed E-state index contributed by atoms with van der Waals surface area (Å²) in [6, 6.07) is 0. The predicted molar refractivity (Wildman–Crippen MR) is 83.7 cm³/mol. The minimum Gasteiger partial charge on any atom is -0.459 e. The normalized spacial score (nSPS) is 13.7. The molecule has 0 aliphatic heterocycles. The second-order valence-electron chi connectivity index (χ2n) is 8.00. The van der Waals surface area contributed by atoms with Crippen LogP contribution in [0.3, 0.4) is 0 Å². The summed E-state index contributed by atoms with van der Waals surface area (Å²) in [5, 5.41) is 0. The summed E-state index contributed by atoms with van der Waals surface area (Å²) in [5.41, 5.74) is -1.29. The van der Waals surface area contributed by atoms with E-state index in [-0.39, 0.29) is 11.6 Å². The summed E-state index contributed by atoms with van der Waals surface area (Å²) in [6.07, 6.45) is 1.51. The van der Waals surface area contributed by atoms with E-state index in [0.717, 1.165) is 6.42 Å². The van der Waals surface area contributed by atoms with Crippen LogP contribution in [0.4, 0.5) is 0 Å². The summed E-state index contributed by atoms with van der Waals surface area (Å²) in [7, 11) is 0. The molecule has 0 bridgehead atoms. The van der Waals surface area contributed by atoms with Gasteiger partial charge in [0.25, 0.3) is 0 Å². The topological polar surface area (TPSA) is 35.5 Å². The zero-order chi connectivity index (χ0) is 16.2. The van der Waals surface area contributed by atoms with Crippen LogP contribution in [-0.2, 0) is 14.3 Å². The van der Waals surface area contributed by atoms with Crippen LogP contribution in [0.5, 0.6) is 0 Å². The maximum atomic E-state index is 12.5. The highest BCUT2D eigenvalue weighted by Crippen LogP contribution is 2.33. The van der Waals surface area contributed by atoms with Gasteiger partial charge in [0.05, 0.1) is 11.0 Å². The Morgan fingerprint density at radius 3 is 1.90 bits per heavy atom. The highest BCUT2D eigenvalue weighted by Gasteiger charge is 2.39. The van der Waals surface area contributed by atoms with Crippen molar-refractivity contribution in [3.05, 3.63) is 0 Å². The first-order valence-corrected chi connectivity index (χ1v) is 7.69. The molecule has 0 aliphatic carbocycles. The molecular formula is C17H34O3. The molecule has 0 fully saturated rings. The van der Waals surface area contributed by atoms with Gasteiger partial charge in [-0.2, -0.15) is 0 Å². The van der Waals surface area contributed by atoms with E-state index in [9.17, 15) is 4.79 Å². The van der Waals surface area contributed by atoms with Crippen molar-refractivity contribution < 1.29 is 14.3 Å². The number of carbonyl (C=O) groups excluding carboxylic acids is 1. The SMILES string of the molecule is CCOC(C)(C)CC(C)(C)C(=O)OC(C)(C)CC(C)C. The van der Waals surface area contributed by atoms with Crippen LogP contribution < -0.4 is 0 Å². The lowest BCUT2D eigenvalue weighted by atomic mass is 9.81. The van der Waals surface area contributed by atoms with Crippen LogP contribution in [0.1, 0.15) is 75.2 Å². The number of hydrogen-bond donors (Lipinski definition) is 0. The molecule has 0 aromatic carbocycles. The van der Waals surface area contributed by atoms with E-state index in [0.29, 0.717) is 18.9 Å². The van der Waals surface area contributed by atoms with Crippen LogP contribution in [0.15, 0.2) is 0 Å². The number of rotatable bonds is 8. The van der Waals surface area contributed by atoms with Crippen LogP contribution in [-0.4, -0.2) is 23.8 Å². The zero-order valence-corrected chi connectivity index (χ0v) is 14.9. The fourth-order valence-corrected chi connectivity index (χ4v) is 2.99. The van der Waals surface area contributed by atoms with Gasteiger partial charge in [0.15, 0.2) is 0 Å². The first kappa shape index (κ1) is 19.4. The van der Waals surface area contributed by atoms with Crippen LogP contribution in [0, 0.1) is 11.3 Å². The molecule has 0 aromatic rings. The van der Waals surface area contributed by atoms with Crippen molar-refractivity contribution in [1.82, 2.24) is 0 Å². The summed E-state index contributed by atoms with van der Waals surface area (Å²) in [4.78, 5) is 12.5. The third-order valence-electron chi connectivity index (χ3n) is 3.22. The van der Waals surface area contributed by atoms with Gasteiger partial charge < -0.3 is 9.47 Å². The monoisotopic (exact) mass is 286 g/mol. The van der Waals surface area contributed by atoms with Crippen LogP contribution in [0.25, 0.3) is 0 Å². The molecule has 120 valence electrons. The Morgan fingerprint density at radius 2 is 1.50 bits per heavy atom. The van der Waals surface area contributed by atoms with Crippen molar-refractivity contribution in [2.45, 2.75) is 86.4 Å². The maximum absolute atomic E-state index is 12.5. The smallest absolute Gasteiger partial charge is 0.312 e. The van der Waals surface area contributed by atoms with E-state index in [2.05, 4.69) is 13.8 Å². The third-order valence-corrected chi connectivity index (χ3v) is 3.22. The average Bonchev–Trinajstić information content (AvgIpc) is 2.11. The Morgan fingerprint density at radius 1 is 1.00 bits per heavy atom. The van der Waals surface area contributed by atoms with Gasteiger partial charge in [-0.1, -0.05) is 13.8 Å². The van der Waals surface area contributed by atoms with Crippen molar-refractivity contribution in [1.29, 1.82) is 0 Å². The molecule has 0 rings (SSSR count). The van der Waals surface area contributed by atoms with E-state index in [1.54, 1.807) is 0 Å². The van der Waals surface area contributed by atoms with Gasteiger partial charge in [0.1, 0.15) is 5.60 Å². The number of ether oxygens (including phenoxy) is 2. The van der Waals surface area contributed by atoms with E-state index in [4.69, 9.17) is 9.47 Å². The van der Waals surface area contributed by atoms with Gasteiger partial charge in [-0.3, -0.25) is 4.79 Å². The lowest BCUT2D eigenvalue weighted by Gasteiger charge is -2.36. The molecule has 0 saturated carbocycles. The summed E-state index contributed by atoms with van der Waals surface area (Å²) >= 11 is 0. The molecule has 0 unspecified atom stereocenters. The Bertz CT molecular complexity index is 314. The van der Waals surface area contributed by atoms with Crippen molar-refractivity contribution in [3.63, 3.8) is 0 Å². The maximum Gasteiger partial charge on any atom is 0.312 e. The molecule has 3 nitrogen and oxygen atoms in total. The average molecular weight is 286 g/mol. The molecule has 0 atom stereocenters. The Kier molecular flexibility index (Phi) is 6.73. The molecule has 0 N–H and O–H groups in total. The van der Waals surface area contributed by atoms with Gasteiger partial charge >= 0.3 is 5.97 Å². The number of hydrogen-bond acceptors (Lipinski definition) is 3. The van der Waals surface area contributed by atoms with E-state index < -0.39 is 11.0 Å². The fraction of sp³-hybridized carbons (Fsp3) is 0.941. The molecule has 0 aromatic heterocycles. The second kappa shape index (κ2) is 6.93. The van der Waals surface area contributed by atoms with Gasteiger partial charge in [-0.25, -0.2) is 0 Å². The lowest BCUT2D eigenvalue weighted by Crippen LogP contribution is -2.41. The van der Waals surface area contributed by atoms with Gasteiger partial charge in [0, 0.05) is 6.61 Å². The Hall–Kier alpha value is -0.570. The summed E-state index contributed by atoms with van der Waals surface area (Å²) in [5.74, 6) is 0.358. The number of esters is 1. The Labute approximate surface area is 125 Å². The zero-order valence-electron chi connectivity index (χ0n) is 14.9. The van der Waals surface area contributed by atoms with Crippen molar-refractivity contribution >= 4 is 5.97 Å². The lowest BCUT2D eigenvalue weighted by molar-refractivity contribution is -0.173. The molecule has 0 heterocycles. The molecule has 0 amide bonds. The van der Waals surface area contributed by atoms with Gasteiger partial charge in [0.2, 0.25) is 0 Å². The van der Waals surface area contributed by atoms with E-state index >= 15 is 0 Å². The van der Waals surface area contributed by atoms with Crippen molar-refractivity contribution in [2.24, 2.45) is 11.3 Å². The van der Waals surface area contributed by atoms with E-state index in [1.165, 1.54) is 0 Å². The predicted octanol–water partition coefficient (Wildman–Crippen LogP) is 4.59. The van der Waals surface area contributed by atoms with Gasteiger partial charge in [-0.05, 0) is 67.2 Å². The highest BCUT2D eigenvalue weighted by molar-refractivity contribution is 5.76. The molecule has 0 radical (unpaired) electrons. The van der Waals surface area contributed by atoms with Gasteiger partial charge in [-0.15, -0.1) is 0 Å².